The molecule has 0 N–H and O–H groups in total. The van der Waals surface area contributed by atoms with Crippen LogP contribution in [0.4, 0.5) is 8.78 Å². The average molecular weight is 290 g/mol. The van der Waals surface area contributed by atoms with Crippen LogP contribution in [0, 0.1) is 17.6 Å². The van der Waals surface area contributed by atoms with E-state index in [0.29, 0.717) is 19.1 Å². The molecule has 1 atom stereocenters. The van der Waals surface area contributed by atoms with Crippen molar-refractivity contribution in [3.8, 4) is 0 Å². The number of sulfone groups is 1. The molecule has 0 aliphatic carbocycles. The number of hydrogen-bond donors (Lipinski definition) is 0. The minimum Gasteiger partial charge on any atom is -0.381 e. The molecule has 1 saturated heterocycles. The highest BCUT2D eigenvalue weighted by Gasteiger charge is 2.28. The number of hydrogen-bond acceptors (Lipinski definition) is 4. The van der Waals surface area contributed by atoms with Crippen molar-refractivity contribution in [2.45, 2.75) is 11.3 Å². The van der Waals surface area contributed by atoms with Crippen LogP contribution in [0.25, 0.3) is 0 Å². The number of Topliss-reactive ketones (excluding diaryl/α,β-unsaturated/α-hetero) is 1. The lowest BCUT2D eigenvalue weighted by Gasteiger charge is -2.08. The molecule has 1 unspecified atom stereocenters. The number of carbonyl (C=O) groups is 1. The topological polar surface area (TPSA) is 60.4 Å². The third-order valence-electron chi connectivity index (χ3n) is 2.97. The van der Waals surface area contributed by atoms with E-state index in [-0.39, 0.29) is 6.61 Å². The Morgan fingerprint density at radius 1 is 1.32 bits per heavy atom. The van der Waals surface area contributed by atoms with Gasteiger partial charge < -0.3 is 4.74 Å². The Labute approximate surface area is 109 Å². The van der Waals surface area contributed by atoms with Gasteiger partial charge in [0.25, 0.3) is 0 Å². The third kappa shape index (κ3) is 3.16. The van der Waals surface area contributed by atoms with Gasteiger partial charge in [-0.15, -0.1) is 0 Å². The van der Waals surface area contributed by atoms with Crippen LogP contribution in [-0.4, -0.2) is 33.2 Å². The summed E-state index contributed by atoms with van der Waals surface area (Å²) < 4.78 is 54.6. The van der Waals surface area contributed by atoms with Crippen molar-refractivity contribution in [3.63, 3.8) is 0 Å². The molecule has 1 aliphatic heterocycles. The number of rotatable bonds is 4. The molecule has 0 aromatic heterocycles. The predicted molar refractivity (Wildman–Crippen MR) is 62.3 cm³/mol. The Kier molecular flexibility index (Phi) is 3.96. The molecule has 4 nitrogen and oxygen atoms in total. The average Bonchev–Trinajstić information content (AvgIpc) is 2.85. The molecule has 1 fully saturated rings. The Morgan fingerprint density at radius 2 is 2.05 bits per heavy atom. The second kappa shape index (κ2) is 5.34. The number of benzene rings is 1. The van der Waals surface area contributed by atoms with Crippen molar-refractivity contribution in [2.75, 3.05) is 19.0 Å². The summed E-state index contributed by atoms with van der Waals surface area (Å²) in [5.41, 5.74) is 0. The summed E-state index contributed by atoms with van der Waals surface area (Å²) in [5, 5.41) is 0. The molecule has 0 spiro atoms. The van der Waals surface area contributed by atoms with Crippen LogP contribution in [0.3, 0.4) is 0 Å². The Morgan fingerprint density at radius 3 is 2.63 bits per heavy atom. The van der Waals surface area contributed by atoms with Crippen molar-refractivity contribution < 1.29 is 26.7 Å². The third-order valence-corrected chi connectivity index (χ3v) is 4.60. The first kappa shape index (κ1) is 14.1. The molecule has 0 amide bonds. The van der Waals surface area contributed by atoms with E-state index in [1.165, 1.54) is 0 Å². The van der Waals surface area contributed by atoms with Crippen LogP contribution in [0.5, 0.6) is 0 Å². The fourth-order valence-electron chi connectivity index (χ4n) is 1.85. The fourth-order valence-corrected chi connectivity index (χ4v) is 3.18. The van der Waals surface area contributed by atoms with Gasteiger partial charge in [0, 0.05) is 12.5 Å². The summed E-state index contributed by atoms with van der Waals surface area (Å²) >= 11 is 0. The van der Waals surface area contributed by atoms with Crippen molar-refractivity contribution >= 4 is 15.6 Å². The zero-order valence-corrected chi connectivity index (χ0v) is 10.8. The van der Waals surface area contributed by atoms with Gasteiger partial charge in [-0.2, -0.15) is 0 Å². The van der Waals surface area contributed by atoms with Gasteiger partial charge in [-0.25, -0.2) is 17.2 Å². The predicted octanol–water partition coefficient (Wildman–Crippen LogP) is 1.34. The van der Waals surface area contributed by atoms with Crippen LogP contribution in [0.1, 0.15) is 6.42 Å². The maximum absolute atomic E-state index is 13.0. The molecule has 1 heterocycles. The van der Waals surface area contributed by atoms with E-state index in [4.69, 9.17) is 4.74 Å². The molecule has 104 valence electrons. The number of carbonyl (C=O) groups excluding carboxylic acids is 1. The number of ketones is 1. The van der Waals surface area contributed by atoms with Gasteiger partial charge in [0.2, 0.25) is 0 Å². The summed E-state index contributed by atoms with van der Waals surface area (Å²) in [6.45, 7) is 0.647. The van der Waals surface area contributed by atoms with Crippen molar-refractivity contribution in [1.82, 2.24) is 0 Å². The normalized spacial score (nSPS) is 19.6. The van der Waals surface area contributed by atoms with E-state index in [1.807, 2.05) is 0 Å². The van der Waals surface area contributed by atoms with E-state index in [9.17, 15) is 22.0 Å². The second-order valence-corrected chi connectivity index (χ2v) is 6.35. The van der Waals surface area contributed by atoms with Gasteiger partial charge in [-0.05, 0) is 24.6 Å². The van der Waals surface area contributed by atoms with E-state index in [2.05, 4.69) is 0 Å². The minimum absolute atomic E-state index is 0.214. The van der Waals surface area contributed by atoms with E-state index in [0.717, 1.165) is 12.1 Å². The van der Waals surface area contributed by atoms with E-state index < -0.39 is 43.8 Å². The molecule has 0 saturated carbocycles. The standard InChI is InChI=1S/C12H12F2O4S/c13-10-2-1-9(5-11(10)14)19(16,17)7-12(15)8-3-4-18-6-8/h1-2,5,8H,3-4,6-7H2. The lowest BCUT2D eigenvalue weighted by atomic mass is 10.1. The fraction of sp³-hybridized carbons (Fsp3) is 0.417. The first-order valence-corrected chi connectivity index (χ1v) is 7.33. The second-order valence-electron chi connectivity index (χ2n) is 4.36. The maximum atomic E-state index is 13.0. The summed E-state index contributed by atoms with van der Waals surface area (Å²) in [5.74, 6) is -3.99. The zero-order chi connectivity index (χ0) is 14.0. The van der Waals surface area contributed by atoms with Crippen molar-refractivity contribution in [2.24, 2.45) is 5.92 Å². The number of halogens is 2. The molecule has 1 aliphatic rings. The molecule has 1 aromatic carbocycles. The van der Waals surface area contributed by atoms with Gasteiger partial charge in [0.1, 0.15) is 5.75 Å². The molecular formula is C12H12F2O4S. The van der Waals surface area contributed by atoms with Gasteiger partial charge in [0.15, 0.2) is 27.3 Å². The summed E-state index contributed by atoms with van der Waals surface area (Å²) in [6.07, 6.45) is 0.492. The first-order chi connectivity index (χ1) is 8.90. The highest BCUT2D eigenvalue weighted by Crippen LogP contribution is 2.19. The molecule has 0 radical (unpaired) electrons. The van der Waals surface area contributed by atoms with Crippen LogP contribution in [0.2, 0.25) is 0 Å². The van der Waals surface area contributed by atoms with Crippen LogP contribution in [0.15, 0.2) is 23.1 Å². The van der Waals surface area contributed by atoms with Gasteiger partial charge >= 0.3 is 0 Å². The molecule has 19 heavy (non-hydrogen) atoms. The molecule has 2 rings (SSSR count). The van der Waals surface area contributed by atoms with Gasteiger partial charge in [-0.1, -0.05) is 0 Å². The van der Waals surface area contributed by atoms with Gasteiger partial charge in [0.05, 0.1) is 11.5 Å². The Hall–Kier alpha value is -1.34. The van der Waals surface area contributed by atoms with Crippen LogP contribution < -0.4 is 0 Å². The highest BCUT2D eigenvalue weighted by molar-refractivity contribution is 7.92. The first-order valence-electron chi connectivity index (χ1n) is 5.68. The largest absolute Gasteiger partial charge is 0.381 e. The quantitative estimate of drug-likeness (QED) is 0.785. The molecular weight excluding hydrogens is 278 g/mol. The Bertz CT molecular complexity index is 592. The smallest absolute Gasteiger partial charge is 0.185 e. The van der Waals surface area contributed by atoms with E-state index >= 15 is 0 Å². The monoisotopic (exact) mass is 290 g/mol. The van der Waals surface area contributed by atoms with Crippen molar-refractivity contribution in [3.05, 3.63) is 29.8 Å². The molecule has 1 aromatic rings. The van der Waals surface area contributed by atoms with Crippen molar-refractivity contribution in [1.29, 1.82) is 0 Å². The minimum atomic E-state index is -3.95. The highest BCUT2D eigenvalue weighted by atomic mass is 32.2. The van der Waals surface area contributed by atoms with Gasteiger partial charge in [-0.3, -0.25) is 4.79 Å². The summed E-state index contributed by atoms with van der Waals surface area (Å²) in [4.78, 5) is 11.4. The lowest BCUT2D eigenvalue weighted by Crippen LogP contribution is -2.24. The SMILES string of the molecule is O=C(CS(=O)(=O)c1ccc(F)c(F)c1)C1CCOC1. The molecule has 0 bridgehead atoms. The summed E-state index contributed by atoms with van der Waals surface area (Å²) in [6, 6.07) is 2.26. The maximum Gasteiger partial charge on any atom is 0.185 e. The molecule has 7 heteroatoms. The number of ether oxygens (including phenoxy) is 1. The van der Waals surface area contributed by atoms with E-state index in [1.54, 1.807) is 0 Å². The van der Waals surface area contributed by atoms with Crippen LogP contribution in [-0.2, 0) is 19.4 Å². The lowest BCUT2D eigenvalue weighted by molar-refractivity contribution is -0.120. The van der Waals surface area contributed by atoms with Crippen LogP contribution >= 0.6 is 0 Å². The Balaban J connectivity index is 2.17. The zero-order valence-electron chi connectivity index (χ0n) is 9.93. The summed E-state index contributed by atoms with van der Waals surface area (Å²) in [7, 11) is -3.95.